The third kappa shape index (κ3) is 1.88. The highest BCUT2D eigenvalue weighted by Gasteiger charge is 2.23. The van der Waals surface area contributed by atoms with E-state index in [4.69, 9.17) is 5.11 Å². The quantitative estimate of drug-likeness (QED) is 0.734. The van der Waals surface area contributed by atoms with Crippen molar-refractivity contribution in [3.05, 3.63) is 29.8 Å². The van der Waals surface area contributed by atoms with Crippen molar-refractivity contribution in [3.63, 3.8) is 0 Å². The van der Waals surface area contributed by atoms with Crippen LogP contribution in [0.15, 0.2) is 24.3 Å². The number of hydrogen-bond acceptors (Lipinski definition) is 2. The molecule has 1 aromatic rings. The first-order valence-electron chi connectivity index (χ1n) is 4.96. The molecule has 0 bridgehead atoms. The van der Waals surface area contributed by atoms with E-state index in [0.29, 0.717) is 6.54 Å². The monoisotopic (exact) mass is 206 g/mol. The van der Waals surface area contributed by atoms with Crippen LogP contribution >= 0.6 is 0 Å². The maximum absolute atomic E-state index is 10.8. The zero-order valence-electron chi connectivity index (χ0n) is 8.60. The number of amides is 1. The van der Waals surface area contributed by atoms with Crippen molar-refractivity contribution in [1.82, 2.24) is 4.90 Å². The Hall–Kier alpha value is -1.71. The second-order valence-electron chi connectivity index (χ2n) is 3.79. The van der Waals surface area contributed by atoms with E-state index < -0.39 is 6.09 Å². The summed E-state index contributed by atoms with van der Waals surface area (Å²) in [6.45, 7) is 0.680. The minimum absolute atomic E-state index is 0.0254. The summed E-state index contributed by atoms with van der Waals surface area (Å²) < 4.78 is 0. The Labute approximate surface area is 88.5 Å². The molecule has 1 amide bonds. The van der Waals surface area contributed by atoms with Gasteiger partial charge >= 0.3 is 6.09 Å². The molecule has 1 aromatic carbocycles. The van der Waals surface area contributed by atoms with Crippen LogP contribution in [0.25, 0.3) is 0 Å². The minimum Gasteiger partial charge on any atom is -0.465 e. The van der Waals surface area contributed by atoms with Gasteiger partial charge in [0.1, 0.15) is 0 Å². The standard InChI is InChI=1S/C11H14N2O2/c1-13(11(14)15)9-6-8-4-2-3-5-10(8)12-7-9/h2-5,9,12H,6-7H2,1H3,(H,14,15)/t9-/m1/s1. The van der Waals surface area contributed by atoms with Crippen molar-refractivity contribution in [2.45, 2.75) is 12.5 Å². The number of fused-ring (bicyclic) bond motifs is 1. The Morgan fingerprint density at radius 3 is 3.00 bits per heavy atom. The van der Waals surface area contributed by atoms with Crippen molar-refractivity contribution in [3.8, 4) is 0 Å². The molecule has 0 unspecified atom stereocenters. The van der Waals surface area contributed by atoms with E-state index >= 15 is 0 Å². The van der Waals surface area contributed by atoms with Crippen molar-refractivity contribution in [2.75, 3.05) is 18.9 Å². The Bertz CT molecular complexity index is 379. The molecule has 0 radical (unpaired) electrons. The van der Waals surface area contributed by atoms with Gasteiger partial charge in [-0.25, -0.2) is 4.79 Å². The van der Waals surface area contributed by atoms with Crippen LogP contribution in [0.2, 0.25) is 0 Å². The smallest absolute Gasteiger partial charge is 0.407 e. The highest BCUT2D eigenvalue weighted by molar-refractivity contribution is 5.66. The Balaban J connectivity index is 2.15. The van der Waals surface area contributed by atoms with Gasteiger partial charge in [0.2, 0.25) is 0 Å². The number of carbonyl (C=O) groups is 1. The highest BCUT2D eigenvalue weighted by atomic mass is 16.4. The fourth-order valence-electron chi connectivity index (χ4n) is 1.85. The molecule has 4 heteroatoms. The summed E-state index contributed by atoms with van der Waals surface area (Å²) in [5.74, 6) is 0. The van der Waals surface area contributed by atoms with Gasteiger partial charge in [-0.2, -0.15) is 0 Å². The van der Waals surface area contributed by atoms with Crippen molar-refractivity contribution in [1.29, 1.82) is 0 Å². The lowest BCUT2D eigenvalue weighted by atomic mass is 9.99. The van der Waals surface area contributed by atoms with Gasteiger partial charge < -0.3 is 15.3 Å². The Morgan fingerprint density at radius 1 is 1.53 bits per heavy atom. The van der Waals surface area contributed by atoms with Crippen molar-refractivity contribution >= 4 is 11.8 Å². The van der Waals surface area contributed by atoms with E-state index in [-0.39, 0.29) is 6.04 Å². The molecule has 0 aliphatic carbocycles. The van der Waals surface area contributed by atoms with Crippen molar-refractivity contribution < 1.29 is 9.90 Å². The molecule has 1 aliphatic heterocycles. The zero-order chi connectivity index (χ0) is 10.8. The van der Waals surface area contributed by atoms with Crippen LogP contribution in [0.3, 0.4) is 0 Å². The van der Waals surface area contributed by atoms with Gasteiger partial charge in [-0.05, 0) is 18.1 Å². The predicted octanol–water partition coefficient (Wildman–Crippen LogP) is 1.63. The Kier molecular flexibility index (Phi) is 2.49. The van der Waals surface area contributed by atoms with Crippen LogP contribution < -0.4 is 5.32 Å². The summed E-state index contributed by atoms with van der Waals surface area (Å²) in [5, 5.41) is 12.1. The van der Waals surface area contributed by atoms with Crippen LogP contribution in [0, 0.1) is 0 Å². The minimum atomic E-state index is -0.874. The van der Waals surface area contributed by atoms with Crippen LogP contribution in [0.4, 0.5) is 10.5 Å². The molecule has 0 aromatic heterocycles. The molecule has 15 heavy (non-hydrogen) atoms. The van der Waals surface area contributed by atoms with Gasteiger partial charge in [0.25, 0.3) is 0 Å². The lowest BCUT2D eigenvalue weighted by molar-refractivity contribution is 0.139. The van der Waals surface area contributed by atoms with E-state index in [9.17, 15) is 4.79 Å². The molecule has 1 atom stereocenters. The fraction of sp³-hybridized carbons (Fsp3) is 0.364. The van der Waals surface area contributed by atoms with Gasteiger partial charge in [-0.15, -0.1) is 0 Å². The lowest BCUT2D eigenvalue weighted by Crippen LogP contribution is -2.44. The average Bonchev–Trinajstić information content (AvgIpc) is 2.27. The number of para-hydroxylation sites is 1. The SMILES string of the molecule is CN(C(=O)O)[C@H]1CNc2ccccc2C1. The molecule has 2 rings (SSSR count). The number of anilines is 1. The second-order valence-corrected chi connectivity index (χ2v) is 3.79. The Morgan fingerprint density at radius 2 is 2.27 bits per heavy atom. The number of likely N-dealkylation sites (N-methyl/N-ethyl adjacent to an activating group) is 1. The van der Waals surface area contributed by atoms with E-state index in [0.717, 1.165) is 12.1 Å². The molecule has 80 valence electrons. The van der Waals surface area contributed by atoms with Gasteiger partial charge in [0.15, 0.2) is 0 Å². The molecule has 1 aliphatic rings. The molecular weight excluding hydrogens is 192 g/mol. The van der Waals surface area contributed by atoms with E-state index in [2.05, 4.69) is 5.32 Å². The van der Waals surface area contributed by atoms with Gasteiger partial charge in [0.05, 0.1) is 6.04 Å². The van der Waals surface area contributed by atoms with Crippen LogP contribution in [-0.4, -0.2) is 35.7 Å². The number of nitrogens with one attached hydrogen (secondary N) is 1. The van der Waals surface area contributed by atoms with E-state index in [1.807, 2.05) is 24.3 Å². The third-order valence-corrected chi connectivity index (χ3v) is 2.85. The van der Waals surface area contributed by atoms with Gasteiger partial charge in [0, 0.05) is 19.3 Å². The first kappa shape index (κ1) is 9.83. The molecule has 2 N–H and O–H groups in total. The van der Waals surface area contributed by atoms with Gasteiger partial charge in [-0.3, -0.25) is 0 Å². The number of hydrogen-bond donors (Lipinski definition) is 2. The molecule has 1 heterocycles. The number of benzene rings is 1. The maximum Gasteiger partial charge on any atom is 0.407 e. The predicted molar refractivity (Wildman–Crippen MR) is 58.2 cm³/mol. The maximum atomic E-state index is 10.8. The number of carboxylic acid groups (broad SMARTS) is 1. The third-order valence-electron chi connectivity index (χ3n) is 2.85. The molecule has 0 fully saturated rings. The second kappa shape index (κ2) is 3.81. The van der Waals surface area contributed by atoms with Crippen LogP contribution in [0.5, 0.6) is 0 Å². The first-order chi connectivity index (χ1) is 7.18. The average molecular weight is 206 g/mol. The van der Waals surface area contributed by atoms with Gasteiger partial charge in [-0.1, -0.05) is 18.2 Å². The zero-order valence-corrected chi connectivity index (χ0v) is 8.60. The summed E-state index contributed by atoms with van der Waals surface area (Å²) in [5.41, 5.74) is 2.30. The normalized spacial score (nSPS) is 18.9. The van der Waals surface area contributed by atoms with E-state index in [1.165, 1.54) is 10.5 Å². The van der Waals surface area contributed by atoms with Crippen molar-refractivity contribution in [2.24, 2.45) is 0 Å². The molecule has 0 saturated heterocycles. The highest BCUT2D eigenvalue weighted by Crippen LogP contribution is 2.22. The van der Waals surface area contributed by atoms with Crippen LogP contribution in [0.1, 0.15) is 5.56 Å². The summed E-state index contributed by atoms with van der Waals surface area (Å²) in [6.07, 6.45) is -0.0902. The molecule has 4 nitrogen and oxygen atoms in total. The molecule has 0 spiro atoms. The summed E-state index contributed by atoms with van der Waals surface area (Å²) in [6, 6.07) is 8.03. The summed E-state index contributed by atoms with van der Waals surface area (Å²) in [7, 11) is 1.61. The van der Waals surface area contributed by atoms with E-state index in [1.54, 1.807) is 7.05 Å². The first-order valence-corrected chi connectivity index (χ1v) is 4.96. The summed E-state index contributed by atoms with van der Waals surface area (Å²) >= 11 is 0. The topological polar surface area (TPSA) is 52.6 Å². The largest absolute Gasteiger partial charge is 0.465 e. The summed E-state index contributed by atoms with van der Waals surface area (Å²) in [4.78, 5) is 12.2. The molecule has 0 saturated carbocycles. The number of rotatable bonds is 1. The van der Waals surface area contributed by atoms with Crippen LogP contribution in [-0.2, 0) is 6.42 Å². The number of nitrogens with zero attached hydrogens (tertiary/aromatic N) is 1. The fourth-order valence-corrected chi connectivity index (χ4v) is 1.85. The lowest BCUT2D eigenvalue weighted by Gasteiger charge is -2.31. The molecular formula is C11H14N2O2.